The minimum atomic E-state index is -0.217. The topological polar surface area (TPSA) is 62.4 Å². The van der Waals surface area contributed by atoms with E-state index in [0.717, 1.165) is 19.4 Å². The highest BCUT2D eigenvalue weighted by Gasteiger charge is 2.25. The third-order valence-electron chi connectivity index (χ3n) is 2.87. The monoisotopic (exact) mass is 211 g/mol. The van der Waals surface area contributed by atoms with E-state index < -0.39 is 0 Å². The minimum Gasteiger partial charge on any atom is -0.424 e. The van der Waals surface area contributed by atoms with Crippen LogP contribution < -0.4 is 0 Å². The van der Waals surface area contributed by atoms with E-state index in [2.05, 4.69) is 15.1 Å². The number of aliphatic hydroxyl groups excluding tert-OH is 1. The molecule has 2 rings (SSSR count). The van der Waals surface area contributed by atoms with Crippen molar-refractivity contribution >= 4 is 0 Å². The fourth-order valence-corrected chi connectivity index (χ4v) is 1.97. The Morgan fingerprint density at radius 3 is 2.93 bits per heavy atom. The Kier molecular flexibility index (Phi) is 3.02. The minimum absolute atomic E-state index is 0.0983. The van der Waals surface area contributed by atoms with Crippen molar-refractivity contribution in [3.63, 3.8) is 0 Å². The summed E-state index contributed by atoms with van der Waals surface area (Å²) in [6.07, 6.45) is 1.70. The molecular weight excluding hydrogens is 194 g/mol. The van der Waals surface area contributed by atoms with Crippen LogP contribution in [0.15, 0.2) is 4.42 Å². The maximum absolute atomic E-state index is 9.57. The first-order valence-corrected chi connectivity index (χ1v) is 5.39. The molecule has 1 aliphatic rings. The van der Waals surface area contributed by atoms with Crippen LogP contribution in [0.1, 0.15) is 37.6 Å². The number of aliphatic hydroxyl groups is 1. The number of hydrogen-bond acceptors (Lipinski definition) is 5. The van der Waals surface area contributed by atoms with Crippen molar-refractivity contribution in [1.82, 2.24) is 15.1 Å². The maximum Gasteiger partial charge on any atom is 0.233 e. The summed E-state index contributed by atoms with van der Waals surface area (Å²) < 4.78 is 5.39. The van der Waals surface area contributed by atoms with Gasteiger partial charge in [-0.25, -0.2) is 0 Å². The number of aryl methyl sites for hydroxylation is 1. The van der Waals surface area contributed by atoms with E-state index in [1.807, 2.05) is 6.92 Å². The average Bonchev–Trinajstić information content (AvgIpc) is 2.64. The van der Waals surface area contributed by atoms with Gasteiger partial charge in [0, 0.05) is 13.5 Å². The zero-order valence-electron chi connectivity index (χ0n) is 9.18. The maximum atomic E-state index is 9.57. The molecule has 1 aromatic heterocycles. The molecular formula is C10H17N3O2. The number of β-amino-alcohol motifs (C(OH)–C–C–N with tert-alkyl or cyclic N) is 1. The SMILES string of the molecule is Cc1nnc([C@@H](C)N2CCC[C@@H](O)C2)o1. The molecule has 0 bridgehead atoms. The van der Waals surface area contributed by atoms with E-state index in [1.165, 1.54) is 0 Å². The van der Waals surface area contributed by atoms with E-state index in [1.54, 1.807) is 6.92 Å². The highest BCUT2D eigenvalue weighted by Crippen LogP contribution is 2.22. The standard InChI is InChI=1S/C10H17N3O2/c1-7(10-12-11-8(2)15-10)13-5-3-4-9(14)6-13/h7,9,14H,3-6H2,1-2H3/t7-,9-/m1/s1. The molecule has 1 aliphatic heterocycles. The van der Waals surface area contributed by atoms with Crippen LogP contribution in [-0.4, -0.2) is 39.4 Å². The molecule has 0 amide bonds. The molecule has 0 saturated carbocycles. The van der Waals surface area contributed by atoms with Crippen LogP contribution in [0.4, 0.5) is 0 Å². The molecule has 0 unspecified atom stereocenters. The third-order valence-corrected chi connectivity index (χ3v) is 2.87. The second-order valence-corrected chi connectivity index (χ2v) is 4.13. The Hall–Kier alpha value is -0.940. The van der Waals surface area contributed by atoms with Gasteiger partial charge in [0.1, 0.15) is 0 Å². The van der Waals surface area contributed by atoms with Gasteiger partial charge in [0.05, 0.1) is 12.1 Å². The fourth-order valence-electron chi connectivity index (χ4n) is 1.97. The van der Waals surface area contributed by atoms with Crippen LogP contribution in [0.25, 0.3) is 0 Å². The molecule has 1 fully saturated rings. The quantitative estimate of drug-likeness (QED) is 0.787. The third kappa shape index (κ3) is 2.35. The van der Waals surface area contributed by atoms with Gasteiger partial charge in [0.25, 0.3) is 0 Å². The van der Waals surface area contributed by atoms with Gasteiger partial charge in [0.2, 0.25) is 11.8 Å². The first kappa shape index (κ1) is 10.6. The summed E-state index contributed by atoms with van der Waals surface area (Å²) in [5, 5.41) is 17.4. The summed E-state index contributed by atoms with van der Waals surface area (Å²) in [4.78, 5) is 2.18. The van der Waals surface area contributed by atoms with Crippen molar-refractivity contribution in [3.8, 4) is 0 Å². The largest absolute Gasteiger partial charge is 0.424 e. The van der Waals surface area contributed by atoms with Crippen molar-refractivity contribution in [2.24, 2.45) is 0 Å². The van der Waals surface area contributed by atoms with Gasteiger partial charge in [-0.15, -0.1) is 10.2 Å². The van der Waals surface area contributed by atoms with Gasteiger partial charge < -0.3 is 9.52 Å². The van der Waals surface area contributed by atoms with Crippen molar-refractivity contribution in [1.29, 1.82) is 0 Å². The summed E-state index contributed by atoms with van der Waals surface area (Å²) >= 11 is 0. The number of rotatable bonds is 2. The number of piperidine rings is 1. The first-order valence-electron chi connectivity index (χ1n) is 5.39. The molecule has 15 heavy (non-hydrogen) atoms. The Morgan fingerprint density at radius 1 is 1.53 bits per heavy atom. The molecule has 1 saturated heterocycles. The van der Waals surface area contributed by atoms with Gasteiger partial charge in [-0.05, 0) is 26.3 Å². The molecule has 5 heteroatoms. The summed E-state index contributed by atoms with van der Waals surface area (Å²) in [5.41, 5.74) is 0. The van der Waals surface area contributed by atoms with E-state index >= 15 is 0 Å². The lowest BCUT2D eigenvalue weighted by molar-refractivity contribution is 0.0436. The van der Waals surface area contributed by atoms with Crippen LogP contribution in [0.3, 0.4) is 0 Å². The van der Waals surface area contributed by atoms with E-state index in [0.29, 0.717) is 18.3 Å². The summed E-state index contributed by atoms with van der Waals surface area (Å²) in [5.74, 6) is 1.23. The molecule has 5 nitrogen and oxygen atoms in total. The second-order valence-electron chi connectivity index (χ2n) is 4.13. The number of likely N-dealkylation sites (tertiary alicyclic amines) is 1. The van der Waals surface area contributed by atoms with Gasteiger partial charge >= 0.3 is 0 Å². The van der Waals surface area contributed by atoms with Crippen LogP contribution in [0.2, 0.25) is 0 Å². The Balaban J connectivity index is 2.03. The average molecular weight is 211 g/mol. The lowest BCUT2D eigenvalue weighted by Crippen LogP contribution is -2.39. The Morgan fingerprint density at radius 2 is 2.33 bits per heavy atom. The van der Waals surface area contributed by atoms with Crippen LogP contribution in [-0.2, 0) is 0 Å². The van der Waals surface area contributed by atoms with Gasteiger partial charge in [0.15, 0.2) is 0 Å². The Labute approximate surface area is 89.1 Å². The van der Waals surface area contributed by atoms with Crippen molar-refractivity contribution in [3.05, 3.63) is 11.8 Å². The molecule has 2 heterocycles. The van der Waals surface area contributed by atoms with Crippen molar-refractivity contribution in [2.45, 2.75) is 38.8 Å². The normalized spacial score (nSPS) is 25.4. The van der Waals surface area contributed by atoms with Crippen LogP contribution in [0, 0.1) is 6.92 Å². The Bertz CT molecular complexity index is 326. The molecule has 84 valence electrons. The van der Waals surface area contributed by atoms with Crippen molar-refractivity contribution < 1.29 is 9.52 Å². The number of aromatic nitrogens is 2. The summed E-state index contributed by atoms with van der Waals surface area (Å²) in [6, 6.07) is 0.0983. The summed E-state index contributed by atoms with van der Waals surface area (Å²) in [7, 11) is 0. The highest BCUT2D eigenvalue weighted by atomic mass is 16.4. The van der Waals surface area contributed by atoms with Crippen molar-refractivity contribution in [2.75, 3.05) is 13.1 Å². The number of hydrogen-bond donors (Lipinski definition) is 1. The van der Waals surface area contributed by atoms with Crippen LogP contribution >= 0.6 is 0 Å². The fraction of sp³-hybridized carbons (Fsp3) is 0.800. The first-order chi connectivity index (χ1) is 7.16. The molecule has 0 spiro atoms. The van der Waals surface area contributed by atoms with Gasteiger partial charge in [-0.1, -0.05) is 0 Å². The van der Waals surface area contributed by atoms with E-state index in [4.69, 9.17) is 4.42 Å². The summed E-state index contributed by atoms with van der Waals surface area (Å²) in [6.45, 7) is 5.50. The highest BCUT2D eigenvalue weighted by molar-refractivity contribution is 4.90. The zero-order chi connectivity index (χ0) is 10.8. The van der Waals surface area contributed by atoms with E-state index in [-0.39, 0.29) is 12.1 Å². The molecule has 0 aliphatic carbocycles. The second kappa shape index (κ2) is 4.28. The smallest absolute Gasteiger partial charge is 0.233 e. The van der Waals surface area contributed by atoms with Crippen LogP contribution in [0.5, 0.6) is 0 Å². The molecule has 0 radical (unpaired) electrons. The van der Waals surface area contributed by atoms with E-state index in [9.17, 15) is 5.11 Å². The zero-order valence-corrected chi connectivity index (χ0v) is 9.18. The predicted octanol–water partition coefficient (Wildman–Crippen LogP) is 0.896. The molecule has 1 aromatic rings. The lowest BCUT2D eigenvalue weighted by atomic mass is 10.1. The molecule has 2 atom stereocenters. The predicted molar refractivity (Wildman–Crippen MR) is 54.3 cm³/mol. The molecule has 1 N–H and O–H groups in total. The van der Waals surface area contributed by atoms with Gasteiger partial charge in [-0.3, -0.25) is 4.90 Å². The molecule has 0 aromatic carbocycles. The lowest BCUT2D eigenvalue weighted by Gasteiger charge is -2.32. The van der Waals surface area contributed by atoms with Gasteiger partial charge in [-0.2, -0.15) is 0 Å². The number of nitrogens with zero attached hydrogens (tertiary/aromatic N) is 3.